The summed E-state index contributed by atoms with van der Waals surface area (Å²) in [6.45, 7) is 4.30. The first kappa shape index (κ1) is 17.7. The van der Waals surface area contributed by atoms with Crippen LogP contribution in [0, 0.1) is 5.41 Å². The van der Waals surface area contributed by atoms with Crippen molar-refractivity contribution in [1.82, 2.24) is 0 Å². The van der Waals surface area contributed by atoms with Gasteiger partial charge in [0.15, 0.2) is 0 Å². The maximum absolute atomic E-state index is 9.57. The highest BCUT2D eigenvalue weighted by Gasteiger charge is 2.35. The van der Waals surface area contributed by atoms with Crippen LogP contribution in [-0.4, -0.2) is 22.3 Å². The molecule has 134 valence electrons. The first-order valence-corrected chi connectivity index (χ1v) is 8.55. The number of para-hydroxylation sites is 2. The molecule has 0 radical (unpaired) electrons. The standard InChI is InChI=1S/C20H23N5O/c1-20(2)13-17(23-21-15-9-5-3-6-10-15)19(25-26)18(14-20)24-22-16-11-7-4-8-12-16/h3-12,21-22,26H,13-14H2,1-2H3/b23-17-,24-18-. The lowest BCUT2D eigenvalue weighted by Gasteiger charge is -2.31. The number of nitrogens with zero attached hydrogens (tertiary/aromatic N) is 3. The molecule has 1 saturated carbocycles. The number of nitrogens with one attached hydrogen (secondary N) is 2. The minimum Gasteiger partial charge on any atom is -0.410 e. The molecule has 3 N–H and O–H groups in total. The van der Waals surface area contributed by atoms with Crippen molar-refractivity contribution < 1.29 is 5.21 Å². The summed E-state index contributed by atoms with van der Waals surface area (Å²) in [7, 11) is 0. The van der Waals surface area contributed by atoms with Gasteiger partial charge >= 0.3 is 0 Å². The molecule has 1 aliphatic rings. The van der Waals surface area contributed by atoms with Crippen LogP contribution in [0.15, 0.2) is 76.0 Å². The zero-order valence-electron chi connectivity index (χ0n) is 15.0. The Bertz CT molecular complexity index is 760. The highest BCUT2D eigenvalue weighted by molar-refractivity contribution is 6.69. The summed E-state index contributed by atoms with van der Waals surface area (Å²) in [6, 6.07) is 19.4. The molecular formula is C20H23N5O. The fourth-order valence-electron chi connectivity index (χ4n) is 2.89. The smallest absolute Gasteiger partial charge is 0.149 e. The van der Waals surface area contributed by atoms with Crippen LogP contribution in [0.5, 0.6) is 0 Å². The van der Waals surface area contributed by atoms with E-state index < -0.39 is 0 Å². The van der Waals surface area contributed by atoms with Gasteiger partial charge in [-0.1, -0.05) is 55.4 Å². The van der Waals surface area contributed by atoms with Gasteiger partial charge in [-0.25, -0.2) is 0 Å². The van der Waals surface area contributed by atoms with Crippen molar-refractivity contribution in [2.45, 2.75) is 26.7 Å². The van der Waals surface area contributed by atoms with E-state index >= 15 is 0 Å². The topological polar surface area (TPSA) is 81.4 Å². The summed E-state index contributed by atoms with van der Waals surface area (Å²) in [6.07, 6.45) is 1.38. The van der Waals surface area contributed by atoms with Crippen molar-refractivity contribution >= 4 is 28.5 Å². The third-order valence-electron chi connectivity index (χ3n) is 4.13. The second-order valence-electron chi connectivity index (χ2n) is 7.04. The molecule has 1 aliphatic carbocycles. The Morgan fingerprint density at radius 3 is 1.58 bits per heavy atom. The van der Waals surface area contributed by atoms with E-state index in [1.165, 1.54) is 0 Å². The minimum absolute atomic E-state index is 0.0391. The number of oxime groups is 1. The fraction of sp³-hybridized carbons (Fsp3) is 0.250. The van der Waals surface area contributed by atoms with Gasteiger partial charge < -0.3 is 5.21 Å². The van der Waals surface area contributed by atoms with Gasteiger partial charge in [-0.15, -0.1) is 0 Å². The molecule has 0 aliphatic heterocycles. The van der Waals surface area contributed by atoms with E-state index in [4.69, 9.17) is 0 Å². The Hall–Kier alpha value is -3.15. The van der Waals surface area contributed by atoms with Crippen LogP contribution in [0.1, 0.15) is 26.7 Å². The molecule has 0 spiro atoms. The first-order chi connectivity index (χ1) is 12.6. The molecular weight excluding hydrogens is 326 g/mol. The lowest BCUT2D eigenvalue weighted by Crippen LogP contribution is -2.39. The molecule has 2 aromatic rings. The molecule has 3 rings (SSSR count). The van der Waals surface area contributed by atoms with Gasteiger partial charge in [0.05, 0.1) is 22.8 Å². The van der Waals surface area contributed by atoms with Gasteiger partial charge in [0.1, 0.15) is 5.71 Å². The molecule has 0 atom stereocenters. The number of hydrogen-bond acceptors (Lipinski definition) is 6. The first-order valence-electron chi connectivity index (χ1n) is 8.55. The number of hydrazone groups is 2. The van der Waals surface area contributed by atoms with Crippen molar-refractivity contribution in [2.75, 3.05) is 10.9 Å². The van der Waals surface area contributed by atoms with E-state index in [-0.39, 0.29) is 5.41 Å². The summed E-state index contributed by atoms with van der Waals surface area (Å²) in [5.41, 5.74) is 9.55. The van der Waals surface area contributed by atoms with Crippen LogP contribution in [0.4, 0.5) is 11.4 Å². The van der Waals surface area contributed by atoms with E-state index in [1.807, 2.05) is 60.7 Å². The quantitative estimate of drug-likeness (QED) is 0.558. The van der Waals surface area contributed by atoms with E-state index in [2.05, 4.69) is 40.1 Å². The normalized spacial score (nSPS) is 19.4. The molecule has 0 aromatic heterocycles. The molecule has 2 aromatic carbocycles. The molecule has 1 fully saturated rings. The van der Waals surface area contributed by atoms with Crippen LogP contribution >= 0.6 is 0 Å². The Kier molecular flexibility index (Phi) is 5.31. The Labute approximate surface area is 153 Å². The molecule has 26 heavy (non-hydrogen) atoms. The summed E-state index contributed by atoms with van der Waals surface area (Å²) < 4.78 is 0. The average molecular weight is 349 g/mol. The predicted molar refractivity (Wildman–Crippen MR) is 107 cm³/mol. The Morgan fingerprint density at radius 1 is 0.769 bits per heavy atom. The van der Waals surface area contributed by atoms with E-state index in [9.17, 15) is 5.21 Å². The summed E-state index contributed by atoms with van der Waals surface area (Å²) in [5.74, 6) is 0. The van der Waals surface area contributed by atoms with Gasteiger partial charge in [-0.05, 0) is 42.5 Å². The van der Waals surface area contributed by atoms with Gasteiger partial charge in [0.2, 0.25) is 0 Å². The second kappa shape index (κ2) is 7.82. The predicted octanol–water partition coefficient (Wildman–Crippen LogP) is 4.57. The van der Waals surface area contributed by atoms with Crippen molar-refractivity contribution in [3.8, 4) is 0 Å². The van der Waals surface area contributed by atoms with E-state index in [1.54, 1.807) is 0 Å². The van der Waals surface area contributed by atoms with Crippen molar-refractivity contribution in [3.63, 3.8) is 0 Å². The van der Waals surface area contributed by atoms with Crippen molar-refractivity contribution in [2.24, 2.45) is 20.8 Å². The molecule has 6 nitrogen and oxygen atoms in total. The molecule has 6 heteroatoms. The van der Waals surface area contributed by atoms with Gasteiger partial charge in [-0.3, -0.25) is 10.9 Å². The van der Waals surface area contributed by atoms with Gasteiger partial charge in [-0.2, -0.15) is 10.2 Å². The van der Waals surface area contributed by atoms with Crippen molar-refractivity contribution in [3.05, 3.63) is 60.7 Å². The van der Waals surface area contributed by atoms with Crippen molar-refractivity contribution in [1.29, 1.82) is 0 Å². The number of hydrogen-bond donors (Lipinski definition) is 3. The fourth-order valence-corrected chi connectivity index (χ4v) is 2.89. The van der Waals surface area contributed by atoms with Crippen LogP contribution < -0.4 is 10.9 Å². The third kappa shape index (κ3) is 4.47. The largest absolute Gasteiger partial charge is 0.410 e. The highest BCUT2D eigenvalue weighted by atomic mass is 16.4. The van der Waals surface area contributed by atoms with Crippen LogP contribution in [0.2, 0.25) is 0 Å². The maximum Gasteiger partial charge on any atom is 0.149 e. The zero-order chi connectivity index (χ0) is 18.4. The third-order valence-corrected chi connectivity index (χ3v) is 4.13. The molecule has 0 unspecified atom stereocenters. The number of benzene rings is 2. The van der Waals surface area contributed by atoms with Crippen LogP contribution in [0.3, 0.4) is 0 Å². The lowest BCUT2D eigenvalue weighted by atomic mass is 9.74. The lowest BCUT2D eigenvalue weighted by molar-refractivity contribution is 0.319. The highest BCUT2D eigenvalue weighted by Crippen LogP contribution is 2.32. The van der Waals surface area contributed by atoms with Gasteiger partial charge in [0.25, 0.3) is 0 Å². The molecule has 0 heterocycles. The molecule has 0 bridgehead atoms. The van der Waals surface area contributed by atoms with Gasteiger partial charge in [0, 0.05) is 0 Å². The summed E-state index contributed by atoms with van der Waals surface area (Å²) >= 11 is 0. The Balaban J connectivity index is 1.85. The average Bonchev–Trinajstić information content (AvgIpc) is 2.65. The minimum atomic E-state index is -0.0391. The SMILES string of the molecule is CC1(C)C/C(=N/Nc2ccccc2)C(=NO)/C(=N\Nc2ccccc2)C1. The number of rotatable bonds is 4. The zero-order valence-corrected chi connectivity index (χ0v) is 15.0. The van der Waals surface area contributed by atoms with E-state index in [0.29, 0.717) is 30.0 Å². The molecule has 0 amide bonds. The monoisotopic (exact) mass is 349 g/mol. The van der Waals surface area contributed by atoms with Crippen LogP contribution in [-0.2, 0) is 0 Å². The summed E-state index contributed by atoms with van der Waals surface area (Å²) in [4.78, 5) is 0. The van der Waals surface area contributed by atoms with E-state index in [0.717, 1.165) is 11.4 Å². The van der Waals surface area contributed by atoms with Crippen LogP contribution in [0.25, 0.3) is 0 Å². The second-order valence-corrected chi connectivity index (χ2v) is 7.04. The number of anilines is 2. The molecule has 0 saturated heterocycles. The summed E-state index contributed by atoms with van der Waals surface area (Å²) in [5, 5.41) is 22.0. The maximum atomic E-state index is 9.57. The Morgan fingerprint density at radius 2 is 1.19 bits per heavy atom.